The van der Waals surface area contributed by atoms with Gasteiger partial charge in [-0.1, -0.05) is 25.5 Å². The number of hydrogen-bond acceptors (Lipinski definition) is 4. The average Bonchev–Trinajstić information content (AvgIpc) is 3.22. The van der Waals surface area contributed by atoms with Crippen LogP contribution in [0, 0.1) is 0 Å². The molecule has 2 fully saturated rings. The Balaban J connectivity index is 1.41. The van der Waals surface area contributed by atoms with Crippen LogP contribution in [0.3, 0.4) is 0 Å². The molecule has 0 bridgehead atoms. The summed E-state index contributed by atoms with van der Waals surface area (Å²) >= 11 is 0. The van der Waals surface area contributed by atoms with Gasteiger partial charge >= 0.3 is 0 Å². The average molecular weight is 360 g/mol. The Morgan fingerprint density at radius 3 is 2.42 bits per heavy atom. The number of carbonyl (C=O) groups is 2. The Morgan fingerprint density at radius 2 is 1.81 bits per heavy atom. The Morgan fingerprint density at radius 1 is 1.12 bits per heavy atom. The molecule has 142 valence electrons. The van der Waals surface area contributed by atoms with Crippen molar-refractivity contribution in [3.8, 4) is 5.75 Å². The zero-order chi connectivity index (χ0) is 18.4. The molecule has 2 aliphatic rings. The lowest BCUT2D eigenvalue weighted by atomic mass is 10.1. The number of ether oxygens (including phenoxy) is 2. The fourth-order valence-corrected chi connectivity index (χ4v) is 3.43. The Kier molecular flexibility index (Phi) is 6.50. The lowest BCUT2D eigenvalue weighted by molar-refractivity contribution is -0.146. The van der Waals surface area contributed by atoms with Crippen LogP contribution in [0.1, 0.15) is 31.7 Å². The van der Waals surface area contributed by atoms with E-state index in [1.807, 2.05) is 29.2 Å². The summed E-state index contributed by atoms with van der Waals surface area (Å²) in [6, 6.07) is 7.91. The minimum Gasteiger partial charge on any atom is -0.484 e. The minimum absolute atomic E-state index is 0.0345. The van der Waals surface area contributed by atoms with E-state index in [0.29, 0.717) is 38.5 Å². The third-order valence-corrected chi connectivity index (χ3v) is 4.97. The highest BCUT2D eigenvalue weighted by molar-refractivity contribution is 5.82. The maximum absolute atomic E-state index is 12.3. The predicted molar refractivity (Wildman–Crippen MR) is 98.1 cm³/mol. The van der Waals surface area contributed by atoms with E-state index in [-0.39, 0.29) is 24.5 Å². The van der Waals surface area contributed by atoms with E-state index in [2.05, 4.69) is 6.92 Å². The third-order valence-electron chi connectivity index (χ3n) is 4.97. The molecule has 0 radical (unpaired) electrons. The van der Waals surface area contributed by atoms with Gasteiger partial charge in [0.05, 0.1) is 0 Å². The molecule has 1 unspecified atom stereocenters. The molecular weight excluding hydrogens is 332 g/mol. The second kappa shape index (κ2) is 9.03. The summed E-state index contributed by atoms with van der Waals surface area (Å²) in [6.07, 6.45) is 3.64. The van der Waals surface area contributed by atoms with E-state index < -0.39 is 0 Å². The second-order valence-corrected chi connectivity index (χ2v) is 6.89. The van der Waals surface area contributed by atoms with Crippen LogP contribution in [0.4, 0.5) is 0 Å². The maximum Gasteiger partial charge on any atom is 0.260 e. The van der Waals surface area contributed by atoms with Gasteiger partial charge in [0.1, 0.15) is 11.9 Å². The zero-order valence-corrected chi connectivity index (χ0v) is 15.5. The van der Waals surface area contributed by atoms with Gasteiger partial charge < -0.3 is 19.3 Å². The highest BCUT2D eigenvalue weighted by Crippen LogP contribution is 2.17. The normalized spacial score (nSPS) is 20.3. The first kappa shape index (κ1) is 18.7. The van der Waals surface area contributed by atoms with Gasteiger partial charge in [-0.15, -0.1) is 0 Å². The van der Waals surface area contributed by atoms with Crippen molar-refractivity contribution in [2.45, 2.75) is 38.7 Å². The van der Waals surface area contributed by atoms with Crippen molar-refractivity contribution >= 4 is 11.8 Å². The molecule has 6 heteroatoms. The quantitative estimate of drug-likeness (QED) is 0.777. The summed E-state index contributed by atoms with van der Waals surface area (Å²) in [5.74, 6) is 0.746. The van der Waals surface area contributed by atoms with Crippen LogP contribution in [0.2, 0.25) is 0 Å². The van der Waals surface area contributed by atoms with Crippen LogP contribution < -0.4 is 4.74 Å². The zero-order valence-electron chi connectivity index (χ0n) is 15.5. The topological polar surface area (TPSA) is 59.1 Å². The van der Waals surface area contributed by atoms with Gasteiger partial charge in [-0.3, -0.25) is 9.59 Å². The maximum atomic E-state index is 12.3. The fraction of sp³-hybridized carbons (Fsp3) is 0.600. The Bertz CT molecular complexity index is 603. The Labute approximate surface area is 155 Å². The molecule has 1 atom stereocenters. The smallest absolute Gasteiger partial charge is 0.260 e. The second-order valence-electron chi connectivity index (χ2n) is 6.89. The number of aryl methyl sites for hydroxylation is 1. The fourth-order valence-electron chi connectivity index (χ4n) is 3.43. The predicted octanol–water partition coefficient (Wildman–Crippen LogP) is 1.87. The molecule has 2 heterocycles. The standard InChI is InChI=1S/C20H28N2O4/c1-2-4-16-6-8-17(9-7-16)26-15-19(23)21-10-12-22(13-11-21)20(24)18-5-3-14-25-18/h6-9,18H,2-5,10-15H2,1H3. The van der Waals surface area contributed by atoms with Crippen molar-refractivity contribution in [3.63, 3.8) is 0 Å². The molecule has 0 aromatic heterocycles. The number of piperazine rings is 1. The number of rotatable bonds is 6. The van der Waals surface area contributed by atoms with Gasteiger partial charge in [0, 0.05) is 32.8 Å². The van der Waals surface area contributed by atoms with Crippen LogP contribution in [0.15, 0.2) is 24.3 Å². The summed E-state index contributed by atoms with van der Waals surface area (Å²) in [6.45, 7) is 5.09. The number of benzene rings is 1. The Hall–Kier alpha value is -2.08. The number of nitrogens with zero attached hydrogens (tertiary/aromatic N) is 2. The van der Waals surface area contributed by atoms with Gasteiger partial charge in [-0.05, 0) is 37.0 Å². The van der Waals surface area contributed by atoms with Gasteiger partial charge in [0.2, 0.25) is 0 Å². The SMILES string of the molecule is CCCc1ccc(OCC(=O)N2CCN(C(=O)C3CCCO3)CC2)cc1. The van der Waals surface area contributed by atoms with E-state index >= 15 is 0 Å². The number of amides is 2. The van der Waals surface area contributed by atoms with Gasteiger partial charge in [0.15, 0.2) is 6.61 Å². The molecule has 0 N–H and O–H groups in total. The first-order chi connectivity index (χ1) is 12.7. The lowest BCUT2D eigenvalue weighted by Gasteiger charge is -2.35. The molecule has 6 nitrogen and oxygen atoms in total. The molecule has 0 spiro atoms. The first-order valence-electron chi connectivity index (χ1n) is 9.57. The van der Waals surface area contributed by atoms with Gasteiger partial charge in [-0.2, -0.15) is 0 Å². The van der Waals surface area contributed by atoms with Crippen molar-refractivity contribution in [3.05, 3.63) is 29.8 Å². The molecule has 2 saturated heterocycles. The number of hydrogen-bond donors (Lipinski definition) is 0. The molecule has 26 heavy (non-hydrogen) atoms. The molecule has 0 aliphatic carbocycles. The summed E-state index contributed by atoms with van der Waals surface area (Å²) in [7, 11) is 0. The highest BCUT2D eigenvalue weighted by atomic mass is 16.5. The summed E-state index contributed by atoms with van der Waals surface area (Å²) in [5, 5.41) is 0. The van der Waals surface area contributed by atoms with Crippen molar-refractivity contribution in [1.29, 1.82) is 0 Å². The van der Waals surface area contributed by atoms with Crippen LogP contribution >= 0.6 is 0 Å². The third kappa shape index (κ3) is 4.75. The number of carbonyl (C=O) groups excluding carboxylic acids is 2. The van der Waals surface area contributed by atoms with E-state index in [9.17, 15) is 9.59 Å². The minimum atomic E-state index is -0.281. The lowest BCUT2D eigenvalue weighted by Crippen LogP contribution is -2.53. The van der Waals surface area contributed by atoms with Crippen molar-refractivity contribution in [1.82, 2.24) is 9.80 Å². The van der Waals surface area contributed by atoms with Crippen LogP contribution in [0.25, 0.3) is 0 Å². The van der Waals surface area contributed by atoms with E-state index in [1.54, 1.807) is 4.90 Å². The molecule has 1 aromatic carbocycles. The molecular formula is C20H28N2O4. The highest BCUT2D eigenvalue weighted by Gasteiger charge is 2.31. The summed E-state index contributed by atoms with van der Waals surface area (Å²) in [4.78, 5) is 28.3. The molecule has 3 rings (SSSR count). The molecule has 1 aromatic rings. The largest absolute Gasteiger partial charge is 0.484 e. The monoisotopic (exact) mass is 360 g/mol. The van der Waals surface area contributed by atoms with Gasteiger partial charge in [-0.25, -0.2) is 0 Å². The van der Waals surface area contributed by atoms with Crippen LogP contribution in [-0.4, -0.2) is 67.1 Å². The first-order valence-corrected chi connectivity index (χ1v) is 9.57. The van der Waals surface area contributed by atoms with E-state index in [4.69, 9.17) is 9.47 Å². The summed E-state index contributed by atoms with van der Waals surface area (Å²) < 4.78 is 11.1. The summed E-state index contributed by atoms with van der Waals surface area (Å²) in [5.41, 5.74) is 1.28. The van der Waals surface area contributed by atoms with Crippen molar-refractivity contribution < 1.29 is 19.1 Å². The van der Waals surface area contributed by atoms with Crippen molar-refractivity contribution in [2.24, 2.45) is 0 Å². The van der Waals surface area contributed by atoms with Crippen molar-refractivity contribution in [2.75, 3.05) is 39.4 Å². The van der Waals surface area contributed by atoms with E-state index in [0.717, 1.165) is 25.7 Å². The van der Waals surface area contributed by atoms with E-state index in [1.165, 1.54) is 5.56 Å². The van der Waals surface area contributed by atoms with Gasteiger partial charge in [0.25, 0.3) is 11.8 Å². The van der Waals surface area contributed by atoms with Crippen LogP contribution in [-0.2, 0) is 20.7 Å². The van der Waals surface area contributed by atoms with Crippen LogP contribution in [0.5, 0.6) is 5.75 Å². The molecule has 0 saturated carbocycles. The molecule has 2 amide bonds. The molecule has 2 aliphatic heterocycles.